The second kappa shape index (κ2) is 7.22. The van der Waals surface area contributed by atoms with Gasteiger partial charge in [0.25, 0.3) is 0 Å². The molecule has 96 valence electrons. The molecular weight excluding hydrogens is 332 g/mol. The fourth-order valence-corrected chi connectivity index (χ4v) is 2.19. The SMILES string of the molecule is O=S(=O)(O)OSCCCOc1ccc(Br)cc1. The van der Waals surface area contributed by atoms with E-state index in [2.05, 4.69) is 19.6 Å². The third-order valence-corrected chi connectivity index (χ3v) is 3.65. The second-order valence-corrected chi connectivity index (χ2v) is 5.93. The van der Waals surface area contributed by atoms with E-state index >= 15 is 0 Å². The highest BCUT2D eigenvalue weighted by molar-refractivity contribution is 9.10. The number of hydrogen-bond acceptors (Lipinski definition) is 5. The Morgan fingerprint density at radius 1 is 1.29 bits per heavy atom. The molecule has 0 radical (unpaired) electrons. The van der Waals surface area contributed by atoms with Crippen LogP contribution in [-0.2, 0) is 14.0 Å². The molecule has 17 heavy (non-hydrogen) atoms. The summed E-state index contributed by atoms with van der Waals surface area (Å²) in [7, 11) is -4.35. The summed E-state index contributed by atoms with van der Waals surface area (Å²) < 4.78 is 39.1. The molecule has 0 aromatic heterocycles. The maximum Gasteiger partial charge on any atom is 0.408 e. The summed E-state index contributed by atoms with van der Waals surface area (Å²) in [6.45, 7) is 0.448. The molecule has 0 atom stereocenters. The van der Waals surface area contributed by atoms with E-state index in [0.29, 0.717) is 30.8 Å². The van der Waals surface area contributed by atoms with Crippen molar-refractivity contribution >= 4 is 38.4 Å². The molecule has 1 N–H and O–H groups in total. The van der Waals surface area contributed by atoms with Gasteiger partial charge in [-0.05, 0) is 30.7 Å². The van der Waals surface area contributed by atoms with Crippen LogP contribution < -0.4 is 4.74 Å². The lowest BCUT2D eigenvalue weighted by atomic mass is 10.3. The fourth-order valence-electron chi connectivity index (χ4n) is 0.934. The zero-order valence-corrected chi connectivity index (χ0v) is 11.9. The molecule has 8 heteroatoms. The predicted octanol–water partition coefficient (Wildman–Crippen LogP) is 2.69. The van der Waals surface area contributed by atoms with E-state index in [1.807, 2.05) is 24.3 Å². The molecule has 0 fully saturated rings. The first-order valence-corrected chi connectivity index (χ1v) is 7.71. The van der Waals surface area contributed by atoms with Gasteiger partial charge in [-0.15, -0.1) is 0 Å². The average Bonchev–Trinajstić information content (AvgIpc) is 2.24. The van der Waals surface area contributed by atoms with Crippen molar-refractivity contribution in [3.05, 3.63) is 28.7 Å². The molecular formula is C9H11BrO5S2. The van der Waals surface area contributed by atoms with Gasteiger partial charge in [-0.25, -0.2) is 0 Å². The van der Waals surface area contributed by atoms with Gasteiger partial charge in [0.15, 0.2) is 0 Å². The lowest BCUT2D eigenvalue weighted by Crippen LogP contribution is -2.01. The van der Waals surface area contributed by atoms with E-state index in [0.717, 1.165) is 10.2 Å². The number of hydrogen-bond donors (Lipinski definition) is 1. The molecule has 0 aliphatic carbocycles. The second-order valence-electron chi connectivity index (χ2n) is 2.97. The molecule has 1 aromatic carbocycles. The van der Waals surface area contributed by atoms with Crippen LogP contribution in [0.5, 0.6) is 5.75 Å². The number of benzene rings is 1. The van der Waals surface area contributed by atoms with Crippen molar-refractivity contribution in [2.24, 2.45) is 0 Å². The zero-order valence-electron chi connectivity index (χ0n) is 8.71. The maximum absolute atomic E-state index is 10.2. The van der Waals surface area contributed by atoms with Crippen molar-refractivity contribution in [1.29, 1.82) is 0 Å². The van der Waals surface area contributed by atoms with Gasteiger partial charge in [-0.2, -0.15) is 12.0 Å². The summed E-state index contributed by atoms with van der Waals surface area (Å²) in [6.07, 6.45) is 0.607. The summed E-state index contributed by atoms with van der Waals surface area (Å²) in [6, 6.07) is 7.38. The summed E-state index contributed by atoms with van der Waals surface area (Å²) in [5.74, 6) is 1.16. The van der Waals surface area contributed by atoms with Crippen LogP contribution in [0.25, 0.3) is 0 Å². The monoisotopic (exact) mass is 342 g/mol. The van der Waals surface area contributed by atoms with Gasteiger partial charge in [-0.3, -0.25) is 4.55 Å². The van der Waals surface area contributed by atoms with Crippen molar-refractivity contribution in [2.75, 3.05) is 12.4 Å². The number of halogens is 1. The van der Waals surface area contributed by atoms with Crippen molar-refractivity contribution in [3.63, 3.8) is 0 Å². The van der Waals surface area contributed by atoms with Crippen molar-refractivity contribution in [1.82, 2.24) is 0 Å². The van der Waals surface area contributed by atoms with E-state index in [1.54, 1.807) is 0 Å². The third-order valence-electron chi connectivity index (χ3n) is 1.59. The molecule has 1 rings (SSSR count). The quantitative estimate of drug-likeness (QED) is 0.466. The van der Waals surface area contributed by atoms with Crippen LogP contribution >= 0.6 is 28.0 Å². The summed E-state index contributed by atoms with van der Waals surface area (Å²) in [5.41, 5.74) is 0. The summed E-state index contributed by atoms with van der Waals surface area (Å²) >= 11 is 3.98. The summed E-state index contributed by atoms with van der Waals surface area (Å²) in [5, 5.41) is 0. The molecule has 0 amide bonds. The molecule has 0 heterocycles. The Hall–Kier alpha value is -0.280. The van der Waals surface area contributed by atoms with E-state index in [1.165, 1.54) is 0 Å². The van der Waals surface area contributed by atoms with E-state index < -0.39 is 10.4 Å². The predicted molar refractivity (Wildman–Crippen MR) is 69.3 cm³/mol. The van der Waals surface area contributed by atoms with Gasteiger partial charge in [0, 0.05) is 22.3 Å². The Morgan fingerprint density at radius 2 is 1.94 bits per heavy atom. The van der Waals surface area contributed by atoms with Gasteiger partial charge in [0.05, 0.1) is 6.61 Å². The minimum absolute atomic E-state index is 0.413. The first kappa shape index (κ1) is 14.8. The van der Waals surface area contributed by atoms with E-state index in [9.17, 15) is 8.42 Å². The highest BCUT2D eigenvalue weighted by Gasteiger charge is 2.04. The maximum atomic E-state index is 10.2. The van der Waals surface area contributed by atoms with Crippen LogP contribution in [0.15, 0.2) is 28.7 Å². The van der Waals surface area contributed by atoms with Crippen LogP contribution in [0.4, 0.5) is 0 Å². The smallest absolute Gasteiger partial charge is 0.408 e. The normalized spacial score (nSPS) is 11.4. The topological polar surface area (TPSA) is 72.8 Å². The fraction of sp³-hybridized carbons (Fsp3) is 0.333. The third kappa shape index (κ3) is 7.61. The lowest BCUT2D eigenvalue weighted by Gasteiger charge is -2.05. The van der Waals surface area contributed by atoms with Crippen LogP contribution in [0.1, 0.15) is 6.42 Å². The molecule has 0 bridgehead atoms. The standard InChI is InChI=1S/C9H11BrO5S2/c10-8-2-4-9(5-3-8)14-6-1-7-16-15-17(11,12)13/h2-5H,1,6-7H2,(H,11,12,13). The van der Waals surface area contributed by atoms with Gasteiger partial charge in [0.2, 0.25) is 0 Å². The molecule has 1 aromatic rings. The van der Waals surface area contributed by atoms with Gasteiger partial charge in [0.1, 0.15) is 5.75 Å². The van der Waals surface area contributed by atoms with Gasteiger partial charge < -0.3 is 4.74 Å². The van der Waals surface area contributed by atoms with Crippen LogP contribution in [0.3, 0.4) is 0 Å². The Morgan fingerprint density at radius 3 is 2.53 bits per heavy atom. The van der Waals surface area contributed by atoms with Crippen LogP contribution in [-0.4, -0.2) is 25.3 Å². The number of rotatable bonds is 7. The molecule has 0 unspecified atom stereocenters. The molecule has 0 aliphatic rings. The Balaban J connectivity index is 2.10. The zero-order chi connectivity index (χ0) is 12.7. The van der Waals surface area contributed by atoms with Gasteiger partial charge in [-0.1, -0.05) is 15.9 Å². The Labute approximate surface area is 113 Å². The molecule has 0 spiro atoms. The summed E-state index contributed by atoms with van der Waals surface area (Å²) in [4.78, 5) is 0. The molecule has 0 saturated carbocycles. The first-order chi connectivity index (χ1) is 7.97. The highest BCUT2D eigenvalue weighted by atomic mass is 79.9. The van der Waals surface area contributed by atoms with Crippen molar-refractivity contribution < 1.29 is 21.3 Å². The molecule has 5 nitrogen and oxygen atoms in total. The minimum Gasteiger partial charge on any atom is -0.494 e. The van der Waals surface area contributed by atoms with Crippen molar-refractivity contribution in [3.8, 4) is 5.75 Å². The lowest BCUT2D eigenvalue weighted by molar-refractivity contribution is 0.318. The molecule has 0 saturated heterocycles. The Kier molecular flexibility index (Phi) is 6.28. The van der Waals surface area contributed by atoms with E-state index in [-0.39, 0.29) is 0 Å². The van der Waals surface area contributed by atoms with Crippen LogP contribution in [0.2, 0.25) is 0 Å². The Bertz CT molecular complexity index is 431. The van der Waals surface area contributed by atoms with Crippen LogP contribution in [0, 0.1) is 0 Å². The highest BCUT2D eigenvalue weighted by Crippen LogP contribution is 2.16. The first-order valence-electron chi connectivity index (χ1n) is 4.64. The average molecular weight is 343 g/mol. The molecule has 0 aliphatic heterocycles. The van der Waals surface area contributed by atoms with E-state index in [4.69, 9.17) is 9.29 Å². The van der Waals surface area contributed by atoms with Gasteiger partial charge >= 0.3 is 10.4 Å². The largest absolute Gasteiger partial charge is 0.494 e. The number of ether oxygens (including phenoxy) is 1. The van der Waals surface area contributed by atoms with Crippen molar-refractivity contribution in [2.45, 2.75) is 6.42 Å². The minimum atomic E-state index is -4.35.